The van der Waals surface area contributed by atoms with Crippen LogP contribution < -0.4 is 10.1 Å². The molecule has 0 saturated heterocycles. The van der Waals surface area contributed by atoms with Crippen molar-refractivity contribution in [2.75, 3.05) is 18.5 Å². The first-order chi connectivity index (χ1) is 9.20. The summed E-state index contributed by atoms with van der Waals surface area (Å²) in [5, 5.41) is 14.2. The lowest BCUT2D eigenvalue weighted by atomic mass is 10.2. The van der Waals surface area contributed by atoms with Crippen LogP contribution >= 0.6 is 0 Å². The van der Waals surface area contributed by atoms with Crippen LogP contribution in [0.4, 0.5) is 11.4 Å². The number of rotatable bonds is 7. The first kappa shape index (κ1) is 14.8. The Balaban J connectivity index is 2.88. The highest BCUT2D eigenvalue weighted by molar-refractivity contribution is 5.68. The van der Waals surface area contributed by atoms with Gasteiger partial charge in [0.2, 0.25) is 0 Å². The maximum atomic E-state index is 11.2. The Bertz CT molecular complexity index is 489. The number of para-hydroxylation sites is 1. The van der Waals surface area contributed by atoms with Crippen molar-refractivity contribution in [3.63, 3.8) is 0 Å². The van der Waals surface area contributed by atoms with E-state index in [1.54, 1.807) is 25.1 Å². The van der Waals surface area contributed by atoms with Gasteiger partial charge in [0.25, 0.3) is 0 Å². The summed E-state index contributed by atoms with van der Waals surface area (Å²) in [7, 11) is 0. The second-order valence-corrected chi connectivity index (χ2v) is 3.86. The fourth-order valence-electron chi connectivity index (χ4n) is 1.57. The van der Waals surface area contributed by atoms with Crippen LogP contribution in [0, 0.1) is 22.0 Å². The summed E-state index contributed by atoms with van der Waals surface area (Å²) in [6.45, 7) is 4.75. The van der Waals surface area contributed by atoms with Gasteiger partial charge in [-0.05, 0) is 25.5 Å². The number of nitro benzene ring substituents is 1. The zero-order valence-corrected chi connectivity index (χ0v) is 11.2. The number of hydrogen-bond acceptors (Lipinski definition) is 4. The second-order valence-electron chi connectivity index (χ2n) is 3.86. The molecule has 1 aromatic rings. The summed E-state index contributed by atoms with van der Waals surface area (Å²) in [5.41, 5.74) is 0.455. The summed E-state index contributed by atoms with van der Waals surface area (Å²) >= 11 is 0. The number of anilines is 1. The molecule has 0 atom stereocenters. The minimum atomic E-state index is -0.418. The van der Waals surface area contributed by atoms with Gasteiger partial charge >= 0.3 is 5.69 Å². The van der Waals surface area contributed by atoms with Crippen molar-refractivity contribution in [1.82, 2.24) is 0 Å². The van der Waals surface area contributed by atoms with Crippen LogP contribution in [0.25, 0.3) is 0 Å². The molecule has 1 aromatic carbocycles. The van der Waals surface area contributed by atoms with Gasteiger partial charge in [0.1, 0.15) is 5.69 Å². The van der Waals surface area contributed by atoms with Gasteiger partial charge in [-0.2, -0.15) is 0 Å². The molecule has 0 saturated carbocycles. The van der Waals surface area contributed by atoms with E-state index in [2.05, 4.69) is 17.2 Å². The van der Waals surface area contributed by atoms with Crippen LogP contribution in [0.15, 0.2) is 18.2 Å². The molecule has 0 fully saturated rings. The van der Waals surface area contributed by atoms with Crippen molar-refractivity contribution in [1.29, 1.82) is 0 Å². The Labute approximate surface area is 113 Å². The van der Waals surface area contributed by atoms with Gasteiger partial charge in [0.15, 0.2) is 5.75 Å². The molecule has 5 nitrogen and oxygen atoms in total. The molecular formula is C14H18N2O3. The molecule has 0 bridgehead atoms. The molecular weight excluding hydrogens is 244 g/mol. The molecule has 0 aliphatic rings. The number of benzene rings is 1. The van der Waals surface area contributed by atoms with Crippen LogP contribution in [-0.4, -0.2) is 18.1 Å². The van der Waals surface area contributed by atoms with Gasteiger partial charge in [-0.1, -0.05) is 13.0 Å². The SMILES string of the molecule is CC#CCCNc1cccc(OCCC)c1[N+](=O)[O-]. The molecule has 1 rings (SSSR count). The zero-order valence-electron chi connectivity index (χ0n) is 11.2. The second kappa shape index (κ2) is 7.98. The number of ether oxygens (including phenoxy) is 1. The lowest BCUT2D eigenvalue weighted by Crippen LogP contribution is -2.06. The fourth-order valence-corrected chi connectivity index (χ4v) is 1.57. The van der Waals surface area contributed by atoms with Crippen LogP contribution in [0.2, 0.25) is 0 Å². The van der Waals surface area contributed by atoms with E-state index < -0.39 is 4.92 Å². The lowest BCUT2D eigenvalue weighted by molar-refractivity contribution is -0.385. The van der Waals surface area contributed by atoms with Crippen LogP contribution in [-0.2, 0) is 0 Å². The van der Waals surface area contributed by atoms with E-state index in [1.807, 2.05) is 6.92 Å². The van der Waals surface area contributed by atoms with Crippen molar-refractivity contribution in [3.8, 4) is 17.6 Å². The van der Waals surface area contributed by atoms with Gasteiger partial charge in [-0.3, -0.25) is 10.1 Å². The van der Waals surface area contributed by atoms with Crippen LogP contribution in [0.1, 0.15) is 26.7 Å². The topological polar surface area (TPSA) is 64.4 Å². The minimum absolute atomic E-state index is 0.0135. The summed E-state index contributed by atoms with van der Waals surface area (Å²) in [6.07, 6.45) is 1.45. The van der Waals surface area contributed by atoms with Gasteiger partial charge in [0.05, 0.1) is 11.5 Å². The summed E-state index contributed by atoms with van der Waals surface area (Å²) in [5.74, 6) is 5.99. The molecule has 5 heteroatoms. The Morgan fingerprint density at radius 3 is 2.89 bits per heavy atom. The quantitative estimate of drug-likeness (QED) is 0.354. The molecule has 0 unspecified atom stereocenters. The first-order valence-electron chi connectivity index (χ1n) is 6.24. The highest BCUT2D eigenvalue weighted by atomic mass is 16.6. The predicted molar refractivity (Wildman–Crippen MR) is 75.4 cm³/mol. The highest BCUT2D eigenvalue weighted by Crippen LogP contribution is 2.34. The van der Waals surface area contributed by atoms with E-state index in [0.717, 1.165) is 6.42 Å². The number of nitrogens with one attached hydrogen (secondary N) is 1. The Hall–Kier alpha value is -2.22. The summed E-state index contributed by atoms with van der Waals surface area (Å²) in [6, 6.07) is 5.03. The maximum Gasteiger partial charge on any atom is 0.333 e. The van der Waals surface area contributed by atoms with Gasteiger partial charge in [-0.25, -0.2) is 0 Å². The molecule has 0 aliphatic heterocycles. The fraction of sp³-hybridized carbons (Fsp3) is 0.429. The predicted octanol–water partition coefficient (Wildman–Crippen LogP) is 3.21. The van der Waals surface area contributed by atoms with Crippen molar-refractivity contribution >= 4 is 11.4 Å². The normalized spacial score (nSPS) is 9.37. The maximum absolute atomic E-state index is 11.2. The largest absolute Gasteiger partial charge is 0.487 e. The molecule has 102 valence electrons. The smallest absolute Gasteiger partial charge is 0.333 e. The van der Waals surface area contributed by atoms with Crippen LogP contribution in [0.5, 0.6) is 5.75 Å². The molecule has 0 aliphatic carbocycles. The third-order valence-corrected chi connectivity index (χ3v) is 2.39. The third-order valence-electron chi connectivity index (χ3n) is 2.39. The highest BCUT2D eigenvalue weighted by Gasteiger charge is 2.20. The van der Waals surface area contributed by atoms with Gasteiger partial charge in [-0.15, -0.1) is 11.8 Å². The van der Waals surface area contributed by atoms with E-state index in [9.17, 15) is 10.1 Å². The van der Waals surface area contributed by atoms with Gasteiger partial charge < -0.3 is 10.1 Å². The Kier molecular flexibility index (Phi) is 6.23. The average Bonchev–Trinajstić information content (AvgIpc) is 2.41. The molecule has 0 spiro atoms. The minimum Gasteiger partial charge on any atom is -0.487 e. The Morgan fingerprint density at radius 1 is 1.47 bits per heavy atom. The molecule has 0 heterocycles. The zero-order chi connectivity index (χ0) is 14.1. The molecule has 0 aromatic heterocycles. The third kappa shape index (κ3) is 4.51. The number of nitrogens with zero attached hydrogens (tertiary/aromatic N) is 1. The van der Waals surface area contributed by atoms with Crippen molar-refractivity contribution < 1.29 is 9.66 Å². The van der Waals surface area contributed by atoms with Gasteiger partial charge in [0, 0.05) is 13.0 Å². The molecule has 0 radical (unpaired) electrons. The van der Waals surface area contributed by atoms with Crippen LogP contribution in [0.3, 0.4) is 0 Å². The first-order valence-corrected chi connectivity index (χ1v) is 6.24. The van der Waals surface area contributed by atoms with E-state index in [1.165, 1.54) is 0 Å². The number of nitro groups is 1. The average molecular weight is 262 g/mol. The number of hydrogen-bond donors (Lipinski definition) is 1. The Morgan fingerprint density at radius 2 is 2.26 bits per heavy atom. The molecule has 19 heavy (non-hydrogen) atoms. The van der Waals surface area contributed by atoms with E-state index in [-0.39, 0.29) is 5.69 Å². The van der Waals surface area contributed by atoms with E-state index in [0.29, 0.717) is 31.0 Å². The van der Waals surface area contributed by atoms with E-state index >= 15 is 0 Å². The van der Waals surface area contributed by atoms with Crippen molar-refractivity contribution in [2.24, 2.45) is 0 Å². The molecule has 0 amide bonds. The standard InChI is InChI=1S/C14H18N2O3/c1-3-5-6-10-15-12-8-7-9-13(19-11-4-2)14(12)16(17)18/h7-9,15H,4,6,10-11H2,1-2H3. The lowest BCUT2D eigenvalue weighted by Gasteiger charge is -2.10. The monoisotopic (exact) mass is 262 g/mol. The van der Waals surface area contributed by atoms with Crippen molar-refractivity contribution in [3.05, 3.63) is 28.3 Å². The summed E-state index contributed by atoms with van der Waals surface area (Å²) < 4.78 is 5.41. The summed E-state index contributed by atoms with van der Waals surface area (Å²) in [4.78, 5) is 10.7. The van der Waals surface area contributed by atoms with Crippen molar-refractivity contribution in [2.45, 2.75) is 26.7 Å². The molecule has 1 N–H and O–H groups in total. The van der Waals surface area contributed by atoms with E-state index in [4.69, 9.17) is 4.74 Å².